The van der Waals surface area contributed by atoms with Gasteiger partial charge in [0.2, 0.25) is 11.5 Å². The van der Waals surface area contributed by atoms with E-state index >= 15 is 0 Å². The van der Waals surface area contributed by atoms with Crippen LogP contribution in [0, 0.1) is 0 Å². The SMILES string of the molecule is COc1cc(C(=O)NC(=S)NCCNC(=S)NC(=O)c2cc(OC)c(OC)c(OC)c2)cc(OC)c1OC. The van der Waals surface area contributed by atoms with Crippen LogP contribution < -0.4 is 49.7 Å². The predicted octanol–water partition coefficient (Wildman–Crippen LogP) is 1.65. The summed E-state index contributed by atoms with van der Waals surface area (Å²) in [6, 6.07) is 6.04. The lowest BCUT2D eigenvalue weighted by Crippen LogP contribution is -2.45. The fraction of sp³-hybridized carbons (Fsp3) is 0.333. The molecule has 2 rings (SSSR count). The van der Waals surface area contributed by atoms with Crippen molar-refractivity contribution in [2.45, 2.75) is 0 Å². The van der Waals surface area contributed by atoms with Crippen LogP contribution in [0.25, 0.3) is 0 Å². The maximum atomic E-state index is 12.6. The molecule has 0 aliphatic carbocycles. The lowest BCUT2D eigenvalue weighted by molar-refractivity contribution is 0.0967. The molecule has 206 valence electrons. The van der Waals surface area contributed by atoms with Crippen molar-refractivity contribution in [3.05, 3.63) is 35.4 Å². The van der Waals surface area contributed by atoms with E-state index in [1.807, 2.05) is 0 Å². The molecule has 0 fully saturated rings. The zero-order valence-corrected chi connectivity index (χ0v) is 23.4. The van der Waals surface area contributed by atoms with Gasteiger partial charge in [-0.15, -0.1) is 0 Å². The summed E-state index contributed by atoms with van der Waals surface area (Å²) < 4.78 is 31.6. The van der Waals surface area contributed by atoms with Crippen molar-refractivity contribution < 1.29 is 38.0 Å². The van der Waals surface area contributed by atoms with Gasteiger partial charge in [0.15, 0.2) is 33.2 Å². The molecule has 12 nitrogen and oxygen atoms in total. The van der Waals surface area contributed by atoms with Crippen molar-refractivity contribution in [1.82, 2.24) is 21.3 Å². The minimum atomic E-state index is -0.470. The monoisotopic (exact) mass is 566 g/mol. The quantitative estimate of drug-likeness (QED) is 0.232. The summed E-state index contributed by atoms with van der Waals surface area (Å²) in [6.07, 6.45) is 0. The molecule has 0 aliphatic heterocycles. The molecule has 2 amide bonds. The molecule has 2 aromatic rings. The molecule has 4 N–H and O–H groups in total. The molecule has 0 saturated heterocycles. The van der Waals surface area contributed by atoms with Gasteiger partial charge < -0.3 is 39.1 Å². The maximum absolute atomic E-state index is 12.6. The number of amides is 2. The number of hydrogen-bond donors (Lipinski definition) is 4. The van der Waals surface area contributed by atoms with Gasteiger partial charge >= 0.3 is 0 Å². The normalized spacial score (nSPS) is 9.95. The second-order valence-electron chi connectivity index (χ2n) is 7.25. The number of thiocarbonyl (C=S) groups is 2. The minimum Gasteiger partial charge on any atom is -0.493 e. The number of carbonyl (C=O) groups excluding carboxylic acids is 2. The lowest BCUT2D eigenvalue weighted by atomic mass is 10.1. The van der Waals surface area contributed by atoms with E-state index in [0.29, 0.717) is 47.6 Å². The molecule has 0 atom stereocenters. The van der Waals surface area contributed by atoms with E-state index in [-0.39, 0.29) is 21.4 Å². The van der Waals surface area contributed by atoms with Gasteiger partial charge in [0.05, 0.1) is 42.7 Å². The molecule has 0 aliphatic rings. The smallest absolute Gasteiger partial charge is 0.257 e. The zero-order chi connectivity index (χ0) is 28.2. The van der Waals surface area contributed by atoms with Crippen LogP contribution in [0.3, 0.4) is 0 Å². The highest BCUT2D eigenvalue weighted by Crippen LogP contribution is 2.39. The Bertz CT molecular complexity index is 1050. The minimum absolute atomic E-state index is 0.0953. The van der Waals surface area contributed by atoms with Crippen molar-refractivity contribution >= 4 is 46.5 Å². The Kier molecular flexibility index (Phi) is 11.6. The number of hydrogen-bond acceptors (Lipinski definition) is 10. The van der Waals surface area contributed by atoms with Crippen LogP contribution in [0.15, 0.2) is 24.3 Å². The number of benzene rings is 2. The van der Waals surface area contributed by atoms with Crippen molar-refractivity contribution in [2.75, 3.05) is 55.7 Å². The van der Waals surface area contributed by atoms with Crippen LogP contribution in [-0.2, 0) is 0 Å². The number of nitrogens with one attached hydrogen (secondary N) is 4. The van der Waals surface area contributed by atoms with E-state index in [2.05, 4.69) is 21.3 Å². The van der Waals surface area contributed by atoms with E-state index in [4.69, 9.17) is 52.9 Å². The van der Waals surface area contributed by atoms with Crippen molar-refractivity contribution in [1.29, 1.82) is 0 Å². The number of ether oxygens (including phenoxy) is 6. The molecular formula is C24H30N4O8S2. The molecule has 0 heterocycles. The van der Waals surface area contributed by atoms with Crippen molar-refractivity contribution in [3.63, 3.8) is 0 Å². The zero-order valence-electron chi connectivity index (χ0n) is 21.8. The Morgan fingerprint density at radius 3 is 1.11 bits per heavy atom. The first kappa shape index (κ1) is 30.2. The second kappa shape index (κ2) is 14.6. The van der Waals surface area contributed by atoms with Gasteiger partial charge in [0.25, 0.3) is 11.8 Å². The second-order valence-corrected chi connectivity index (χ2v) is 8.06. The molecule has 0 spiro atoms. The van der Waals surface area contributed by atoms with Crippen LogP contribution >= 0.6 is 24.4 Å². The Balaban J connectivity index is 1.86. The Morgan fingerprint density at radius 2 is 0.868 bits per heavy atom. The maximum Gasteiger partial charge on any atom is 0.257 e. The van der Waals surface area contributed by atoms with Crippen molar-refractivity contribution in [2.24, 2.45) is 0 Å². The number of methoxy groups -OCH3 is 6. The summed E-state index contributed by atoms with van der Waals surface area (Å²) in [7, 11) is 8.76. The summed E-state index contributed by atoms with van der Waals surface area (Å²) in [6.45, 7) is 0.600. The van der Waals surface area contributed by atoms with E-state index < -0.39 is 11.8 Å². The molecule has 0 unspecified atom stereocenters. The van der Waals surface area contributed by atoms with Gasteiger partial charge in [-0.05, 0) is 48.7 Å². The standard InChI is InChI=1S/C24H30N4O8S2/c1-31-15-9-13(10-16(32-2)19(15)35-5)21(29)27-23(37)25-7-8-26-24(38)28-22(30)14-11-17(33-3)20(36-6)18(12-14)34-4/h9-12H,7-8H2,1-6H3,(H2,25,27,29,37)(H2,26,28,30,38). The predicted molar refractivity (Wildman–Crippen MR) is 148 cm³/mol. The first-order valence-electron chi connectivity index (χ1n) is 11.0. The average molecular weight is 567 g/mol. The molecule has 0 radical (unpaired) electrons. The number of rotatable bonds is 11. The summed E-state index contributed by atoms with van der Waals surface area (Å²) >= 11 is 10.4. The fourth-order valence-electron chi connectivity index (χ4n) is 3.22. The first-order chi connectivity index (χ1) is 18.2. The summed E-state index contributed by atoms with van der Waals surface area (Å²) in [5.74, 6) is 1.14. The van der Waals surface area contributed by atoms with E-state index in [9.17, 15) is 9.59 Å². The topological polar surface area (TPSA) is 138 Å². The molecule has 0 aromatic heterocycles. The third-order valence-corrected chi connectivity index (χ3v) is 5.50. The average Bonchev–Trinajstić information content (AvgIpc) is 2.93. The van der Waals surface area contributed by atoms with E-state index in [1.165, 1.54) is 66.9 Å². The molecule has 0 saturated carbocycles. The first-order valence-corrected chi connectivity index (χ1v) is 11.8. The van der Waals surface area contributed by atoms with Crippen LogP contribution in [0.4, 0.5) is 0 Å². The molecule has 38 heavy (non-hydrogen) atoms. The Labute approximate surface area is 231 Å². The van der Waals surface area contributed by atoms with Crippen molar-refractivity contribution in [3.8, 4) is 34.5 Å². The third kappa shape index (κ3) is 7.73. The summed E-state index contributed by atoms with van der Waals surface area (Å²) in [4.78, 5) is 25.2. The summed E-state index contributed by atoms with van der Waals surface area (Å²) in [5, 5.41) is 11.1. The highest BCUT2D eigenvalue weighted by atomic mass is 32.1. The van der Waals surface area contributed by atoms with Crippen LogP contribution in [0.1, 0.15) is 20.7 Å². The Hall–Kier alpha value is -4.04. The highest BCUT2D eigenvalue weighted by Gasteiger charge is 2.19. The molecule has 0 bridgehead atoms. The van der Waals surface area contributed by atoms with Gasteiger partial charge in [-0.2, -0.15) is 0 Å². The van der Waals surface area contributed by atoms with E-state index in [0.717, 1.165) is 0 Å². The molecule has 14 heteroatoms. The number of carbonyl (C=O) groups is 2. The van der Waals surface area contributed by atoms with Gasteiger partial charge in [-0.25, -0.2) is 0 Å². The van der Waals surface area contributed by atoms with Gasteiger partial charge in [-0.1, -0.05) is 0 Å². The van der Waals surface area contributed by atoms with Crippen LogP contribution in [-0.4, -0.2) is 77.8 Å². The molecular weight excluding hydrogens is 536 g/mol. The van der Waals surface area contributed by atoms with Crippen LogP contribution in [0.2, 0.25) is 0 Å². The Morgan fingerprint density at radius 1 is 0.579 bits per heavy atom. The van der Waals surface area contributed by atoms with Gasteiger partial charge in [0, 0.05) is 24.2 Å². The summed E-state index contributed by atoms with van der Waals surface area (Å²) in [5.41, 5.74) is 0.523. The largest absolute Gasteiger partial charge is 0.493 e. The van der Waals surface area contributed by atoms with E-state index in [1.54, 1.807) is 0 Å². The van der Waals surface area contributed by atoms with Crippen LogP contribution in [0.5, 0.6) is 34.5 Å². The highest BCUT2D eigenvalue weighted by molar-refractivity contribution is 7.80. The third-order valence-electron chi connectivity index (χ3n) is 5.00. The molecule has 2 aromatic carbocycles. The van der Waals surface area contributed by atoms with Gasteiger partial charge in [0.1, 0.15) is 0 Å². The van der Waals surface area contributed by atoms with Gasteiger partial charge in [-0.3, -0.25) is 20.2 Å². The fourth-order valence-corrected chi connectivity index (χ4v) is 3.60. The lowest BCUT2D eigenvalue weighted by Gasteiger charge is -2.15.